The lowest BCUT2D eigenvalue weighted by Gasteiger charge is -1.95. The van der Waals surface area contributed by atoms with Crippen LogP contribution in [0.3, 0.4) is 0 Å². The van der Waals surface area contributed by atoms with E-state index in [1.807, 2.05) is 0 Å². The highest BCUT2D eigenvalue weighted by Crippen LogP contribution is 2.05. The first-order valence-corrected chi connectivity index (χ1v) is 4.28. The summed E-state index contributed by atoms with van der Waals surface area (Å²) in [6.07, 6.45) is 0. The molecule has 0 atom stereocenters. The Kier molecular flexibility index (Phi) is 5.89. The van der Waals surface area contributed by atoms with Gasteiger partial charge in [-0.1, -0.05) is 20.8 Å². The fourth-order valence-electron chi connectivity index (χ4n) is 0.546. The minimum atomic E-state index is -0.256. The van der Waals surface area contributed by atoms with E-state index in [-0.39, 0.29) is 5.82 Å². The number of nitrogens with two attached hydrogens (primary N) is 1. The number of nitrogen functional groups attached to an aromatic ring is 1. The summed E-state index contributed by atoms with van der Waals surface area (Å²) in [7, 11) is 0. The first-order chi connectivity index (χ1) is 6.06. The summed E-state index contributed by atoms with van der Waals surface area (Å²) in [5.41, 5.74) is 3.09. The molecule has 0 saturated carbocycles. The van der Waals surface area contributed by atoms with Crippen LogP contribution in [0.2, 0.25) is 0 Å². The molecule has 0 saturated heterocycles. The Hall–Kier alpha value is -1.09. The predicted octanol–water partition coefficient (Wildman–Crippen LogP) is 2.77. The molecule has 0 aliphatic carbocycles. The SMILES string of the molecule is CC(C)C.NNc1ccc(F)cc1. The Balaban J connectivity index is 0.000000310. The summed E-state index contributed by atoms with van der Waals surface area (Å²) < 4.78 is 12.2. The van der Waals surface area contributed by atoms with Gasteiger partial charge in [0.05, 0.1) is 0 Å². The molecule has 0 spiro atoms. The second-order valence-corrected chi connectivity index (χ2v) is 3.38. The molecule has 1 rings (SSSR count). The first-order valence-electron chi connectivity index (χ1n) is 4.28. The average Bonchev–Trinajstić information content (AvgIpc) is 2.05. The van der Waals surface area contributed by atoms with E-state index in [9.17, 15) is 4.39 Å². The zero-order chi connectivity index (χ0) is 10.3. The summed E-state index contributed by atoms with van der Waals surface area (Å²) in [4.78, 5) is 0. The molecular formula is C10H17FN2. The van der Waals surface area contributed by atoms with Gasteiger partial charge in [0.25, 0.3) is 0 Å². The minimum Gasteiger partial charge on any atom is -0.324 e. The van der Waals surface area contributed by atoms with E-state index in [1.54, 1.807) is 12.1 Å². The van der Waals surface area contributed by atoms with Crippen molar-refractivity contribution in [2.24, 2.45) is 11.8 Å². The van der Waals surface area contributed by atoms with Crippen LogP contribution in [0.1, 0.15) is 20.8 Å². The molecule has 0 unspecified atom stereocenters. The van der Waals surface area contributed by atoms with E-state index in [0.29, 0.717) is 5.69 Å². The monoisotopic (exact) mass is 184 g/mol. The van der Waals surface area contributed by atoms with Crippen molar-refractivity contribution >= 4 is 5.69 Å². The van der Waals surface area contributed by atoms with Crippen LogP contribution in [-0.4, -0.2) is 0 Å². The maximum Gasteiger partial charge on any atom is 0.123 e. The maximum atomic E-state index is 12.2. The fourth-order valence-corrected chi connectivity index (χ4v) is 0.546. The maximum absolute atomic E-state index is 12.2. The Bertz CT molecular complexity index is 216. The summed E-state index contributed by atoms with van der Waals surface area (Å²) in [5.74, 6) is 5.61. The van der Waals surface area contributed by atoms with Crippen LogP contribution in [-0.2, 0) is 0 Å². The highest BCUT2D eigenvalue weighted by Gasteiger charge is 1.87. The van der Waals surface area contributed by atoms with Crippen LogP contribution in [0.5, 0.6) is 0 Å². The molecule has 13 heavy (non-hydrogen) atoms. The van der Waals surface area contributed by atoms with Gasteiger partial charge in [0, 0.05) is 5.69 Å². The predicted molar refractivity (Wildman–Crippen MR) is 54.7 cm³/mol. The molecule has 0 aromatic heterocycles. The Morgan fingerprint density at radius 1 is 1.15 bits per heavy atom. The van der Waals surface area contributed by atoms with Gasteiger partial charge >= 0.3 is 0 Å². The standard InChI is InChI=1S/C6H7FN2.C4H10/c7-5-1-3-6(9-8)4-2-5;1-4(2)3/h1-4,9H,8H2;4H,1-3H3. The van der Waals surface area contributed by atoms with E-state index >= 15 is 0 Å². The molecule has 2 nitrogen and oxygen atoms in total. The molecule has 3 heteroatoms. The van der Waals surface area contributed by atoms with E-state index in [0.717, 1.165) is 5.92 Å². The fraction of sp³-hybridized carbons (Fsp3) is 0.400. The summed E-state index contributed by atoms with van der Waals surface area (Å²) in [5, 5.41) is 0. The second kappa shape index (κ2) is 6.43. The van der Waals surface area contributed by atoms with Gasteiger partial charge in [-0.3, -0.25) is 5.84 Å². The van der Waals surface area contributed by atoms with Gasteiger partial charge in [0.15, 0.2) is 0 Å². The zero-order valence-corrected chi connectivity index (χ0v) is 8.34. The van der Waals surface area contributed by atoms with Gasteiger partial charge in [-0.15, -0.1) is 0 Å². The van der Waals surface area contributed by atoms with Crippen molar-refractivity contribution in [2.75, 3.05) is 5.43 Å². The van der Waals surface area contributed by atoms with E-state index in [2.05, 4.69) is 26.2 Å². The molecule has 0 heterocycles. The van der Waals surface area contributed by atoms with Gasteiger partial charge in [-0.25, -0.2) is 4.39 Å². The van der Waals surface area contributed by atoms with Gasteiger partial charge < -0.3 is 5.43 Å². The van der Waals surface area contributed by atoms with Crippen molar-refractivity contribution in [3.05, 3.63) is 30.1 Å². The molecule has 74 valence electrons. The van der Waals surface area contributed by atoms with Crippen molar-refractivity contribution in [1.82, 2.24) is 0 Å². The minimum absolute atomic E-state index is 0.256. The van der Waals surface area contributed by atoms with Crippen molar-refractivity contribution in [3.63, 3.8) is 0 Å². The zero-order valence-electron chi connectivity index (χ0n) is 8.34. The largest absolute Gasteiger partial charge is 0.324 e. The Morgan fingerprint density at radius 2 is 1.54 bits per heavy atom. The molecule has 1 aromatic rings. The van der Waals surface area contributed by atoms with Gasteiger partial charge in [-0.05, 0) is 30.2 Å². The molecular weight excluding hydrogens is 167 g/mol. The molecule has 0 radical (unpaired) electrons. The number of rotatable bonds is 1. The van der Waals surface area contributed by atoms with Crippen LogP contribution < -0.4 is 11.3 Å². The second-order valence-electron chi connectivity index (χ2n) is 3.38. The molecule has 1 aromatic carbocycles. The lowest BCUT2D eigenvalue weighted by atomic mass is 10.3. The van der Waals surface area contributed by atoms with E-state index in [1.165, 1.54) is 12.1 Å². The normalized spacial score (nSPS) is 9.08. The molecule has 3 N–H and O–H groups in total. The smallest absolute Gasteiger partial charge is 0.123 e. The van der Waals surface area contributed by atoms with Crippen LogP contribution in [0.15, 0.2) is 24.3 Å². The van der Waals surface area contributed by atoms with Crippen molar-refractivity contribution < 1.29 is 4.39 Å². The van der Waals surface area contributed by atoms with E-state index in [4.69, 9.17) is 5.84 Å². The van der Waals surface area contributed by atoms with E-state index < -0.39 is 0 Å². The van der Waals surface area contributed by atoms with Crippen molar-refractivity contribution in [3.8, 4) is 0 Å². The first kappa shape index (κ1) is 11.9. The topological polar surface area (TPSA) is 38.0 Å². The van der Waals surface area contributed by atoms with Gasteiger partial charge in [0.2, 0.25) is 0 Å². The molecule has 0 bridgehead atoms. The number of nitrogens with one attached hydrogen (secondary N) is 1. The molecule has 0 amide bonds. The number of hydrazine groups is 1. The Labute approximate surface area is 78.9 Å². The highest BCUT2D eigenvalue weighted by atomic mass is 19.1. The third-order valence-electron chi connectivity index (χ3n) is 1.01. The quantitative estimate of drug-likeness (QED) is 0.520. The average molecular weight is 184 g/mol. The van der Waals surface area contributed by atoms with Crippen molar-refractivity contribution in [1.29, 1.82) is 0 Å². The van der Waals surface area contributed by atoms with Crippen LogP contribution in [0.4, 0.5) is 10.1 Å². The number of benzene rings is 1. The number of anilines is 1. The lowest BCUT2D eigenvalue weighted by Crippen LogP contribution is -2.05. The van der Waals surface area contributed by atoms with Crippen molar-refractivity contribution in [2.45, 2.75) is 20.8 Å². The Morgan fingerprint density at radius 3 is 1.85 bits per heavy atom. The number of hydrogen-bond donors (Lipinski definition) is 2. The summed E-state index contributed by atoms with van der Waals surface area (Å²) in [6.45, 7) is 6.50. The van der Waals surface area contributed by atoms with Gasteiger partial charge in [0.1, 0.15) is 5.82 Å². The van der Waals surface area contributed by atoms with Crippen LogP contribution >= 0.6 is 0 Å². The molecule has 0 fully saturated rings. The molecule has 0 aliphatic heterocycles. The van der Waals surface area contributed by atoms with Crippen LogP contribution in [0, 0.1) is 11.7 Å². The summed E-state index contributed by atoms with van der Waals surface area (Å²) in [6, 6.07) is 5.81. The lowest BCUT2D eigenvalue weighted by molar-refractivity contribution is 0.628. The third kappa shape index (κ3) is 7.28. The van der Waals surface area contributed by atoms with Crippen LogP contribution in [0.25, 0.3) is 0 Å². The number of halogens is 1. The highest BCUT2D eigenvalue weighted by molar-refractivity contribution is 5.41. The molecule has 0 aliphatic rings. The van der Waals surface area contributed by atoms with Gasteiger partial charge in [-0.2, -0.15) is 0 Å². The third-order valence-corrected chi connectivity index (χ3v) is 1.01. The number of hydrogen-bond acceptors (Lipinski definition) is 2. The summed E-state index contributed by atoms with van der Waals surface area (Å²) >= 11 is 0.